The molecule has 0 spiro atoms. The molecule has 9 heteroatoms. The van der Waals surface area contributed by atoms with Crippen LogP contribution in [0.5, 0.6) is 11.5 Å². The fourth-order valence-electron chi connectivity index (χ4n) is 2.26. The van der Waals surface area contributed by atoms with Crippen molar-refractivity contribution >= 4 is 29.2 Å². The number of thioether (sulfide) groups is 1. The SMILES string of the molecule is COc1ccc(OC)c(C(=O)COC(=O)[C@@H](C)Sc2ccc([N+](=O)[O-])cc2)c1. The van der Waals surface area contributed by atoms with Gasteiger partial charge in [0.15, 0.2) is 6.61 Å². The number of carbonyl (C=O) groups is 2. The van der Waals surface area contributed by atoms with E-state index in [9.17, 15) is 19.7 Å². The van der Waals surface area contributed by atoms with Crippen LogP contribution >= 0.6 is 11.8 Å². The predicted molar refractivity (Wildman–Crippen MR) is 103 cm³/mol. The molecule has 0 saturated carbocycles. The Balaban J connectivity index is 1.95. The van der Waals surface area contributed by atoms with E-state index in [1.807, 2.05) is 0 Å². The summed E-state index contributed by atoms with van der Waals surface area (Å²) in [6.07, 6.45) is 0. The maximum absolute atomic E-state index is 12.4. The molecule has 28 heavy (non-hydrogen) atoms. The second kappa shape index (κ2) is 9.75. The molecule has 2 rings (SSSR count). The molecule has 0 saturated heterocycles. The molecule has 0 aliphatic carbocycles. The van der Waals surface area contributed by atoms with Crippen molar-refractivity contribution in [2.45, 2.75) is 17.1 Å². The monoisotopic (exact) mass is 405 g/mol. The van der Waals surface area contributed by atoms with Crippen LogP contribution in [0.2, 0.25) is 0 Å². The van der Waals surface area contributed by atoms with E-state index in [0.29, 0.717) is 16.4 Å². The topological polar surface area (TPSA) is 105 Å². The molecule has 0 aromatic heterocycles. The third-order valence-corrected chi connectivity index (χ3v) is 4.84. The van der Waals surface area contributed by atoms with Crippen LogP contribution < -0.4 is 9.47 Å². The van der Waals surface area contributed by atoms with Crippen molar-refractivity contribution < 1.29 is 28.7 Å². The minimum absolute atomic E-state index is 0.0302. The summed E-state index contributed by atoms with van der Waals surface area (Å²) in [5.41, 5.74) is 0.225. The largest absolute Gasteiger partial charge is 0.497 e. The lowest BCUT2D eigenvalue weighted by atomic mass is 10.1. The van der Waals surface area contributed by atoms with E-state index in [1.54, 1.807) is 31.2 Å². The Morgan fingerprint density at radius 3 is 2.36 bits per heavy atom. The van der Waals surface area contributed by atoms with Gasteiger partial charge in [-0.3, -0.25) is 19.7 Å². The number of esters is 1. The number of methoxy groups -OCH3 is 2. The molecule has 8 nitrogen and oxygen atoms in total. The van der Waals surface area contributed by atoms with Gasteiger partial charge in [-0.1, -0.05) is 0 Å². The number of Topliss-reactive ketones (excluding diaryl/α,β-unsaturated/α-hetero) is 1. The van der Waals surface area contributed by atoms with E-state index in [0.717, 1.165) is 0 Å². The van der Waals surface area contributed by atoms with Crippen LogP contribution in [0.25, 0.3) is 0 Å². The minimum atomic E-state index is -0.596. The van der Waals surface area contributed by atoms with Gasteiger partial charge in [0.25, 0.3) is 5.69 Å². The van der Waals surface area contributed by atoms with Gasteiger partial charge in [0.1, 0.15) is 16.7 Å². The van der Waals surface area contributed by atoms with Crippen molar-refractivity contribution in [3.05, 3.63) is 58.1 Å². The molecule has 0 bridgehead atoms. The highest BCUT2D eigenvalue weighted by Gasteiger charge is 2.20. The zero-order valence-corrected chi connectivity index (χ0v) is 16.4. The van der Waals surface area contributed by atoms with E-state index in [-0.39, 0.29) is 11.3 Å². The summed E-state index contributed by atoms with van der Waals surface area (Å²) in [5.74, 6) is -0.150. The van der Waals surface area contributed by atoms with Gasteiger partial charge in [0.2, 0.25) is 5.78 Å². The number of benzene rings is 2. The molecule has 0 heterocycles. The molecule has 2 aromatic rings. The Morgan fingerprint density at radius 1 is 1.11 bits per heavy atom. The van der Waals surface area contributed by atoms with Crippen molar-refractivity contribution in [2.24, 2.45) is 0 Å². The summed E-state index contributed by atoms with van der Waals surface area (Å²) in [7, 11) is 2.92. The molecule has 148 valence electrons. The second-order valence-electron chi connectivity index (χ2n) is 5.61. The Labute approximate surface area is 165 Å². The summed E-state index contributed by atoms with van der Waals surface area (Å²) in [6.45, 7) is 1.19. The third-order valence-electron chi connectivity index (χ3n) is 3.74. The first-order valence-electron chi connectivity index (χ1n) is 8.18. The molecule has 0 amide bonds. The lowest BCUT2D eigenvalue weighted by molar-refractivity contribution is -0.384. The van der Waals surface area contributed by atoms with Gasteiger partial charge < -0.3 is 14.2 Å². The number of hydrogen-bond donors (Lipinski definition) is 0. The lowest BCUT2D eigenvalue weighted by Crippen LogP contribution is -2.21. The summed E-state index contributed by atoms with van der Waals surface area (Å²) < 4.78 is 15.4. The number of ether oxygens (including phenoxy) is 3. The van der Waals surface area contributed by atoms with Crippen LogP contribution in [-0.2, 0) is 9.53 Å². The first kappa shape index (κ1) is 21.2. The van der Waals surface area contributed by atoms with Crippen LogP contribution in [0.3, 0.4) is 0 Å². The van der Waals surface area contributed by atoms with Crippen LogP contribution in [0, 0.1) is 10.1 Å². The Hall–Kier alpha value is -3.07. The molecular formula is C19H19NO7S. The molecule has 0 radical (unpaired) electrons. The molecule has 0 aliphatic heterocycles. The number of non-ortho nitro benzene ring substituents is 1. The first-order valence-corrected chi connectivity index (χ1v) is 9.06. The molecule has 0 N–H and O–H groups in total. The highest BCUT2D eigenvalue weighted by atomic mass is 32.2. The highest BCUT2D eigenvalue weighted by Crippen LogP contribution is 2.27. The third kappa shape index (κ3) is 5.46. The Kier molecular flexibility index (Phi) is 7.39. The Bertz CT molecular complexity index is 867. The standard InChI is InChI=1S/C19H19NO7S/c1-12(28-15-7-4-13(5-8-15)20(23)24)19(22)27-11-17(21)16-10-14(25-2)6-9-18(16)26-3/h4-10,12H,11H2,1-3H3/t12-/m1/s1. The number of nitro groups is 1. The van der Waals surface area contributed by atoms with Gasteiger partial charge in [-0.15, -0.1) is 11.8 Å². The van der Waals surface area contributed by atoms with Crippen LogP contribution in [0.15, 0.2) is 47.4 Å². The lowest BCUT2D eigenvalue weighted by Gasteiger charge is -2.12. The van der Waals surface area contributed by atoms with E-state index in [1.165, 1.54) is 44.2 Å². The zero-order chi connectivity index (χ0) is 20.7. The molecule has 0 fully saturated rings. The van der Waals surface area contributed by atoms with Gasteiger partial charge in [-0.05, 0) is 37.3 Å². The first-order chi connectivity index (χ1) is 13.3. The van der Waals surface area contributed by atoms with Crippen molar-refractivity contribution in [1.82, 2.24) is 0 Å². The number of nitro benzene ring substituents is 1. The summed E-state index contributed by atoms with van der Waals surface area (Å²) in [6, 6.07) is 10.6. The van der Waals surface area contributed by atoms with Crippen LogP contribution in [-0.4, -0.2) is 42.8 Å². The van der Waals surface area contributed by atoms with Gasteiger partial charge in [-0.25, -0.2) is 0 Å². The average Bonchev–Trinajstić information content (AvgIpc) is 2.71. The van der Waals surface area contributed by atoms with Crippen molar-refractivity contribution in [2.75, 3.05) is 20.8 Å². The molecule has 1 atom stereocenters. The summed E-state index contributed by atoms with van der Waals surface area (Å²) in [4.78, 5) is 35.4. The number of ketones is 1. The fraction of sp³-hybridized carbons (Fsp3) is 0.263. The van der Waals surface area contributed by atoms with Crippen molar-refractivity contribution in [1.29, 1.82) is 0 Å². The molecule has 0 aliphatic rings. The fourth-order valence-corrected chi connectivity index (χ4v) is 3.13. The van der Waals surface area contributed by atoms with Crippen LogP contribution in [0.1, 0.15) is 17.3 Å². The molecule has 0 unspecified atom stereocenters. The molecule has 2 aromatic carbocycles. The van der Waals surface area contributed by atoms with Gasteiger partial charge in [0, 0.05) is 17.0 Å². The zero-order valence-electron chi connectivity index (χ0n) is 15.5. The minimum Gasteiger partial charge on any atom is -0.497 e. The van der Waals surface area contributed by atoms with Crippen molar-refractivity contribution in [3.8, 4) is 11.5 Å². The number of hydrogen-bond acceptors (Lipinski definition) is 8. The summed E-state index contributed by atoms with van der Waals surface area (Å²) >= 11 is 1.18. The normalized spacial score (nSPS) is 11.4. The molecular weight excluding hydrogens is 386 g/mol. The number of rotatable bonds is 9. The summed E-state index contributed by atoms with van der Waals surface area (Å²) in [5, 5.41) is 10.1. The highest BCUT2D eigenvalue weighted by molar-refractivity contribution is 8.00. The second-order valence-corrected chi connectivity index (χ2v) is 7.02. The van der Waals surface area contributed by atoms with Gasteiger partial charge >= 0.3 is 5.97 Å². The maximum Gasteiger partial charge on any atom is 0.319 e. The number of nitrogens with zero attached hydrogens (tertiary/aromatic N) is 1. The smallest absolute Gasteiger partial charge is 0.319 e. The predicted octanol–water partition coefficient (Wildman–Crippen LogP) is 3.52. The van der Waals surface area contributed by atoms with Gasteiger partial charge in [-0.2, -0.15) is 0 Å². The van der Waals surface area contributed by atoms with E-state index >= 15 is 0 Å². The quantitative estimate of drug-likeness (QED) is 0.205. The van der Waals surface area contributed by atoms with E-state index in [4.69, 9.17) is 14.2 Å². The van der Waals surface area contributed by atoms with Crippen molar-refractivity contribution in [3.63, 3.8) is 0 Å². The number of carbonyl (C=O) groups excluding carboxylic acids is 2. The Morgan fingerprint density at radius 2 is 1.79 bits per heavy atom. The maximum atomic E-state index is 12.4. The van der Waals surface area contributed by atoms with Gasteiger partial charge in [0.05, 0.1) is 24.7 Å². The average molecular weight is 405 g/mol. The van der Waals surface area contributed by atoms with E-state index < -0.39 is 28.5 Å². The van der Waals surface area contributed by atoms with Crippen LogP contribution in [0.4, 0.5) is 5.69 Å². The van der Waals surface area contributed by atoms with E-state index in [2.05, 4.69) is 0 Å².